The zero-order chi connectivity index (χ0) is 14.9. The number of aliphatic hydroxyl groups is 1. The Kier molecular flexibility index (Phi) is 4.78. The van der Waals surface area contributed by atoms with E-state index in [9.17, 15) is 13.9 Å². The van der Waals surface area contributed by atoms with Gasteiger partial charge in [0.2, 0.25) is 0 Å². The van der Waals surface area contributed by atoms with Crippen LogP contribution >= 0.6 is 31.9 Å². The van der Waals surface area contributed by atoms with Crippen LogP contribution in [-0.2, 0) is 0 Å². The standard InChI is InChI=1S/C14H10Br2F2O2/c1-20-11-5-2-7(15)6-8(11)14(19)12-10(17)4-3-9(16)13(12)18/h2-6,14,19H,1H3. The molecule has 106 valence electrons. The molecule has 0 saturated heterocycles. The van der Waals surface area contributed by atoms with E-state index in [-0.39, 0.29) is 10.0 Å². The minimum absolute atomic E-state index is 0.0851. The largest absolute Gasteiger partial charge is 0.496 e. The summed E-state index contributed by atoms with van der Waals surface area (Å²) in [5.74, 6) is -1.31. The summed E-state index contributed by atoms with van der Waals surface area (Å²) in [6.45, 7) is 0. The fourth-order valence-corrected chi connectivity index (χ4v) is 2.59. The number of halogens is 4. The molecule has 1 N–H and O–H groups in total. The van der Waals surface area contributed by atoms with Gasteiger partial charge >= 0.3 is 0 Å². The van der Waals surface area contributed by atoms with Crippen LogP contribution in [0, 0.1) is 11.6 Å². The van der Waals surface area contributed by atoms with Crippen LogP contribution in [0.15, 0.2) is 39.3 Å². The molecule has 0 heterocycles. The van der Waals surface area contributed by atoms with Crippen LogP contribution < -0.4 is 4.74 Å². The summed E-state index contributed by atoms with van der Waals surface area (Å²) in [7, 11) is 1.42. The second-order valence-electron chi connectivity index (χ2n) is 4.05. The number of ether oxygens (including phenoxy) is 1. The molecule has 0 aromatic heterocycles. The molecule has 0 aliphatic carbocycles. The molecule has 0 amide bonds. The first kappa shape index (κ1) is 15.4. The lowest BCUT2D eigenvalue weighted by Crippen LogP contribution is -2.08. The summed E-state index contributed by atoms with van der Waals surface area (Å²) in [6, 6.07) is 7.22. The number of rotatable bonds is 3. The van der Waals surface area contributed by atoms with Crippen molar-refractivity contribution in [2.75, 3.05) is 7.11 Å². The molecule has 20 heavy (non-hydrogen) atoms. The lowest BCUT2D eigenvalue weighted by molar-refractivity contribution is 0.203. The van der Waals surface area contributed by atoms with Gasteiger partial charge in [-0.3, -0.25) is 0 Å². The van der Waals surface area contributed by atoms with Crippen molar-refractivity contribution in [2.24, 2.45) is 0 Å². The van der Waals surface area contributed by atoms with Crippen LogP contribution in [0.25, 0.3) is 0 Å². The quantitative estimate of drug-likeness (QED) is 0.754. The Balaban J connectivity index is 2.60. The minimum Gasteiger partial charge on any atom is -0.496 e. The molecule has 6 heteroatoms. The fraction of sp³-hybridized carbons (Fsp3) is 0.143. The van der Waals surface area contributed by atoms with Gasteiger partial charge in [0.25, 0.3) is 0 Å². The summed E-state index contributed by atoms with van der Waals surface area (Å²) >= 11 is 6.23. The molecule has 1 unspecified atom stereocenters. The third-order valence-electron chi connectivity index (χ3n) is 2.84. The molecule has 0 saturated carbocycles. The van der Waals surface area contributed by atoms with Crippen molar-refractivity contribution in [3.05, 3.63) is 62.0 Å². The SMILES string of the molecule is COc1ccc(Br)cc1C(O)c1c(F)ccc(Br)c1F. The van der Waals surface area contributed by atoms with Crippen LogP contribution in [0.3, 0.4) is 0 Å². The van der Waals surface area contributed by atoms with Crippen molar-refractivity contribution in [1.29, 1.82) is 0 Å². The highest BCUT2D eigenvalue weighted by atomic mass is 79.9. The monoisotopic (exact) mass is 406 g/mol. The first-order valence-electron chi connectivity index (χ1n) is 5.60. The number of hydrogen-bond acceptors (Lipinski definition) is 2. The molecule has 2 rings (SSSR count). The van der Waals surface area contributed by atoms with Crippen LogP contribution in [-0.4, -0.2) is 12.2 Å². The highest BCUT2D eigenvalue weighted by Gasteiger charge is 2.24. The van der Waals surface area contributed by atoms with Crippen molar-refractivity contribution < 1.29 is 18.6 Å². The molecule has 0 radical (unpaired) electrons. The number of hydrogen-bond donors (Lipinski definition) is 1. The third kappa shape index (κ3) is 2.87. The average molecular weight is 408 g/mol. The summed E-state index contributed by atoms with van der Waals surface area (Å²) in [4.78, 5) is 0. The molecule has 2 aromatic rings. The maximum absolute atomic E-state index is 14.0. The van der Waals surface area contributed by atoms with Gasteiger partial charge in [-0.1, -0.05) is 15.9 Å². The van der Waals surface area contributed by atoms with Gasteiger partial charge in [0.1, 0.15) is 23.5 Å². The Morgan fingerprint density at radius 2 is 1.85 bits per heavy atom. The Labute approximate surface area is 131 Å². The van der Waals surface area contributed by atoms with E-state index in [0.717, 1.165) is 6.07 Å². The fourth-order valence-electron chi connectivity index (χ4n) is 1.87. The number of benzene rings is 2. The highest BCUT2D eigenvalue weighted by Crippen LogP contribution is 2.36. The second-order valence-corrected chi connectivity index (χ2v) is 5.82. The van der Waals surface area contributed by atoms with Gasteiger partial charge in [-0.15, -0.1) is 0 Å². The van der Waals surface area contributed by atoms with E-state index >= 15 is 0 Å². The summed E-state index contributed by atoms with van der Waals surface area (Å²) < 4.78 is 33.7. The number of methoxy groups -OCH3 is 1. The molecular formula is C14H10Br2F2O2. The molecule has 0 fully saturated rings. The zero-order valence-electron chi connectivity index (χ0n) is 10.3. The van der Waals surface area contributed by atoms with E-state index in [1.165, 1.54) is 13.2 Å². The molecular weight excluding hydrogens is 398 g/mol. The smallest absolute Gasteiger partial charge is 0.146 e. The third-order valence-corrected chi connectivity index (χ3v) is 3.94. The van der Waals surface area contributed by atoms with Crippen LogP contribution in [0.2, 0.25) is 0 Å². The zero-order valence-corrected chi connectivity index (χ0v) is 13.5. The molecule has 2 aromatic carbocycles. The Bertz CT molecular complexity index is 647. The molecule has 0 spiro atoms. The summed E-state index contributed by atoms with van der Waals surface area (Å²) in [5.41, 5.74) is -0.145. The number of aliphatic hydroxyl groups excluding tert-OH is 1. The Morgan fingerprint density at radius 3 is 2.50 bits per heavy atom. The van der Waals surface area contributed by atoms with E-state index in [0.29, 0.717) is 10.2 Å². The van der Waals surface area contributed by atoms with Gasteiger partial charge < -0.3 is 9.84 Å². The summed E-state index contributed by atoms with van der Waals surface area (Å²) in [6.07, 6.45) is -1.47. The second kappa shape index (κ2) is 6.20. The van der Waals surface area contributed by atoms with E-state index in [1.807, 2.05) is 0 Å². The first-order chi connectivity index (χ1) is 9.45. The average Bonchev–Trinajstić information content (AvgIpc) is 2.43. The predicted octanol–water partition coefficient (Wildman–Crippen LogP) is 4.58. The van der Waals surface area contributed by atoms with Gasteiger partial charge in [0.15, 0.2) is 0 Å². The van der Waals surface area contributed by atoms with Crippen molar-refractivity contribution in [3.8, 4) is 5.75 Å². The normalized spacial score (nSPS) is 12.3. The minimum atomic E-state index is -1.47. The predicted molar refractivity (Wildman–Crippen MR) is 78.8 cm³/mol. The van der Waals surface area contributed by atoms with E-state index in [4.69, 9.17) is 4.74 Å². The van der Waals surface area contributed by atoms with Gasteiger partial charge in [-0.05, 0) is 46.3 Å². The maximum atomic E-state index is 14.0. The molecule has 1 atom stereocenters. The summed E-state index contributed by atoms with van der Waals surface area (Å²) in [5, 5.41) is 10.3. The van der Waals surface area contributed by atoms with Crippen molar-refractivity contribution >= 4 is 31.9 Å². The molecule has 0 aliphatic heterocycles. The van der Waals surface area contributed by atoms with E-state index < -0.39 is 23.3 Å². The Hall–Kier alpha value is -0.980. The van der Waals surface area contributed by atoms with Gasteiger partial charge in [-0.25, -0.2) is 8.78 Å². The molecule has 2 nitrogen and oxygen atoms in total. The lowest BCUT2D eigenvalue weighted by Gasteiger charge is -2.17. The highest BCUT2D eigenvalue weighted by molar-refractivity contribution is 9.10. The van der Waals surface area contributed by atoms with Gasteiger partial charge in [0.05, 0.1) is 17.1 Å². The van der Waals surface area contributed by atoms with Crippen molar-refractivity contribution in [3.63, 3.8) is 0 Å². The molecule has 0 aliphatic rings. The van der Waals surface area contributed by atoms with E-state index in [1.54, 1.807) is 18.2 Å². The maximum Gasteiger partial charge on any atom is 0.146 e. The molecule has 0 bridgehead atoms. The first-order valence-corrected chi connectivity index (χ1v) is 7.19. The van der Waals surface area contributed by atoms with Gasteiger partial charge in [0, 0.05) is 10.0 Å². The van der Waals surface area contributed by atoms with Crippen molar-refractivity contribution in [2.45, 2.75) is 6.10 Å². The van der Waals surface area contributed by atoms with Crippen LogP contribution in [0.5, 0.6) is 5.75 Å². The Morgan fingerprint density at radius 1 is 1.15 bits per heavy atom. The van der Waals surface area contributed by atoms with E-state index in [2.05, 4.69) is 31.9 Å². The van der Waals surface area contributed by atoms with Crippen LogP contribution in [0.4, 0.5) is 8.78 Å². The topological polar surface area (TPSA) is 29.5 Å². The lowest BCUT2D eigenvalue weighted by atomic mass is 9.99. The van der Waals surface area contributed by atoms with Crippen molar-refractivity contribution in [1.82, 2.24) is 0 Å². The van der Waals surface area contributed by atoms with Gasteiger partial charge in [-0.2, -0.15) is 0 Å². The van der Waals surface area contributed by atoms with Crippen LogP contribution in [0.1, 0.15) is 17.2 Å².